The van der Waals surface area contributed by atoms with Crippen LogP contribution in [0.25, 0.3) is 0 Å². The highest BCUT2D eigenvalue weighted by atomic mass is 16.2. The number of hydrogen-bond acceptors (Lipinski definition) is 1. The van der Waals surface area contributed by atoms with Crippen molar-refractivity contribution in [1.29, 1.82) is 0 Å². The number of amides is 1. The van der Waals surface area contributed by atoms with E-state index in [1.807, 2.05) is 18.2 Å². The first kappa shape index (κ1) is 13.9. The molecule has 0 bridgehead atoms. The summed E-state index contributed by atoms with van der Waals surface area (Å²) in [6.45, 7) is 4.28. The first-order valence-electron chi connectivity index (χ1n) is 7.48. The topological polar surface area (TPSA) is 29.1 Å². The van der Waals surface area contributed by atoms with Crippen LogP contribution in [0.3, 0.4) is 0 Å². The van der Waals surface area contributed by atoms with E-state index in [2.05, 4.69) is 55.6 Å². The van der Waals surface area contributed by atoms with Gasteiger partial charge in [0.2, 0.25) is 5.91 Å². The molecule has 0 radical (unpaired) electrons. The average molecular weight is 279 g/mol. The van der Waals surface area contributed by atoms with E-state index in [9.17, 15) is 4.79 Å². The molecule has 3 rings (SSSR count). The Bertz CT molecular complexity index is 628. The molecular formula is C19H21NO. The van der Waals surface area contributed by atoms with Gasteiger partial charge in [-0.25, -0.2) is 0 Å². The van der Waals surface area contributed by atoms with Gasteiger partial charge in [-0.05, 0) is 41.5 Å². The number of carbonyl (C=O) groups excluding carboxylic acids is 1. The summed E-state index contributed by atoms with van der Waals surface area (Å²) in [6, 6.07) is 18.6. The molecule has 2 aromatic rings. The second-order valence-corrected chi connectivity index (χ2v) is 6.59. The quantitative estimate of drug-likeness (QED) is 0.890. The predicted octanol–water partition coefficient (Wildman–Crippen LogP) is 4.26. The summed E-state index contributed by atoms with van der Waals surface area (Å²) < 4.78 is 0. The number of rotatable bonds is 4. The molecule has 2 heteroatoms. The zero-order valence-corrected chi connectivity index (χ0v) is 12.6. The van der Waals surface area contributed by atoms with Crippen LogP contribution in [0.5, 0.6) is 0 Å². The zero-order chi connectivity index (χ0) is 14.9. The minimum absolute atomic E-state index is 0.149. The van der Waals surface area contributed by atoms with E-state index in [-0.39, 0.29) is 17.2 Å². The van der Waals surface area contributed by atoms with Gasteiger partial charge in [-0.15, -0.1) is 0 Å². The summed E-state index contributed by atoms with van der Waals surface area (Å²) in [5.41, 5.74) is 3.62. The van der Waals surface area contributed by atoms with Gasteiger partial charge in [-0.2, -0.15) is 0 Å². The second kappa shape index (κ2) is 5.36. The lowest BCUT2D eigenvalue weighted by Crippen LogP contribution is -2.16. The summed E-state index contributed by atoms with van der Waals surface area (Å²) in [6.07, 6.45) is 1.91. The SMILES string of the molecule is CC1(C)CC1C(=O)Nc1ccc(Cc2ccccc2)cc1. The molecule has 1 fully saturated rings. The zero-order valence-electron chi connectivity index (χ0n) is 12.6. The maximum atomic E-state index is 12.1. The van der Waals surface area contributed by atoms with E-state index in [1.165, 1.54) is 11.1 Å². The first-order chi connectivity index (χ1) is 10.0. The maximum absolute atomic E-state index is 12.1. The molecule has 1 N–H and O–H groups in total. The van der Waals surface area contributed by atoms with Gasteiger partial charge in [0.25, 0.3) is 0 Å². The third-order valence-corrected chi connectivity index (χ3v) is 4.30. The van der Waals surface area contributed by atoms with Crippen LogP contribution in [-0.4, -0.2) is 5.91 Å². The lowest BCUT2D eigenvalue weighted by molar-refractivity contribution is -0.118. The number of carbonyl (C=O) groups is 1. The Kier molecular flexibility index (Phi) is 3.54. The highest BCUT2D eigenvalue weighted by Gasteiger charge is 2.50. The molecule has 2 nitrogen and oxygen atoms in total. The second-order valence-electron chi connectivity index (χ2n) is 6.59. The van der Waals surface area contributed by atoms with Gasteiger partial charge in [-0.3, -0.25) is 4.79 Å². The molecule has 0 saturated heterocycles. The Morgan fingerprint density at radius 1 is 1.05 bits per heavy atom. The third-order valence-electron chi connectivity index (χ3n) is 4.30. The molecule has 2 aromatic carbocycles. The van der Waals surface area contributed by atoms with Crippen LogP contribution in [0.15, 0.2) is 54.6 Å². The molecule has 0 spiro atoms. The number of anilines is 1. The molecule has 0 aliphatic heterocycles. The Balaban J connectivity index is 1.61. The fourth-order valence-corrected chi connectivity index (χ4v) is 2.68. The van der Waals surface area contributed by atoms with Gasteiger partial charge >= 0.3 is 0 Å². The number of benzene rings is 2. The Labute approximate surface area is 126 Å². The Morgan fingerprint density at radius 2 is 1.62 bits per heavy atom. The molecule has 0 aromatic heterocycles. The van der Waals surface area contributed by atoms with E-state index in [0.717, 1.165) is 18.5 Å². The van der Waals surface area contributed by atoms with Gasteiger partial charge in [0, 0.05) is 11.6 Å². The van der Waals surface area contributed by atoms with Crippen LogP contribution in [0, 0.1) is 11.3 Å². The van der Waals surface area contributed by atoms with E-state index >= 15 is 0 Å². The van der Waals surface area contributed by atoms with E-state index in [4.69, 9.17) is 0 Å². The van der Waals surface area contributed by atoms with Crippen LogP contribution in [-0.2, 0) is 11.2 Å². The lowest BCUT2D eigenvalue weighted by Gasteiger charge is -2.08. The number of hydrogen-bond donors (Lipinski definition) is 1. The van der Waals surface area contributed by atoms with Gasteiger partial charge < -0.3 is 5.32 Å². The Hall–Kier alpha value is -2.09. The molecule has 1 aliphatic carbocycles. The summed E-state index contributed by atoms with van der Waals surface area (Å²) in [7, 11) is 0. The van der Waals surface area contributed by atoms with Gasteiger partial charge in [-0.1, -0.05) is 56.3 Å². The van der Waals surface area contributed by atoms with Gasteiger partial charge in [0.15, 0.2) is 0 Å². The van der Waals surface area contributed by atoms with E-state index in [1.54, 1.807) is 0 Å². The van der Waals surface area contributed by atoms with Crippen molar-refractivity contribution in [2.75, 3.05) is 5.32 Å². The molecule has 108 valence electrons. The van der Waals surface area contributed by atoms with Crippen LogP contribution in [0.2, 0.25) is 0 Å². The van der Waals surface area contributed by atoms with Crippen molar-refractivity contribution in [2.45, 2.75) is 26.7 Å². The summed E-state index contributed by atoms with van der Waals surface area (Å²) in [4.78, 5) is 12.1. The minimum Gasteiger partial charge on any atom is -0.326 e. The molecule has 1 aliphatic rings. The first-order valence-corrected chi connectivity index (χ1v) is 7.48. The van der Waals surface area contributed by atoms with E-state index < -0.39 is 0 Å². The molecule has 0 heterocycles. The molecule has 21 heavy (non-hydrogen) atoms. The van der Waals surface area contributed by atoms with Crippen molar-refractivity contribution in [2.24, 2.45) is 11.3 Å². The normalized spacial score (nSPS) is 19.0. The highest BCUT2D eigenvalue weighted by molar-refractivity contribution is 5.94. The van der Waals surface area contributed by atoms with Crippen molar-refractivity contribution in [3.63, 3.8) is 0 Å². The lowest BCUT2D eigenvalue weighted by atomic mass is 10.0. The molecule has 1 saturated carbocycles. The fraction of sp³-hybridized carbons (Fsp3) is 0.316. The monoisotopic (exact) mass is 279 g/mol. The molecule has 1 amide bonds. The summed E-state index contributed by atoms with van der Waals surface area (Å²) in [5.74, 6) is 0.317. The minimum atomic E-state index is 0.149. The third kappa shape index (κ3) is 3.33. The highest BCUT2D eigenvalue weighted by Crippen LogP contribution is 2.51. The van der Waals surface area contributed by atoms with Crippen molar-refractivity contribution in [3.05, 3.63) is 65.7 Å². The number of nitrogens with one attached hydrogen (secondary N) is 1. The maximum Gasteiger partial charge on any atom is 0.228 e. The molecular weight excluding hydrogens is 258 g/mol. The largest absolute Gasteiger partial charge is 0.326 e. The van der Waals surface area contributed by atoms with Crippen LogP contribution in [0.4, 0.5) is 5.69 Å². The predicted molar refractivity (Wildman–Crippen MR) is 86.2 cm³/mol. The van der Waals surface area contributed by atoms with Crippen molar-refractivity contribution >= 4 is 11.6 Å². The van der Waals surface area contributed by atoms with Crippen molar-refractivity contribution in [1.82, 2.24) is 0 Å². The van der Waals surface area contributed by atoms with Crippen LogP contribution < -0.4 is 5.32 Å². The molecule has 1 unspecified atom stereocenters. The summed E-state index contributed by atoms with van der Waals surface area (Å²) >= 11 is 0. The standard InChI is InChI=1S/C19H21NO/c1-19(2)13-17(19)18(21)20-16-10-8-15(9-11-16)12-14-6-4-3-5-7-14/h3-11,17H,12-13H2,1-2H3,(H,20,21). The Morgan fingerprint density at radius 3 is 2.19 bits per heavy atom. The van der Waals surface area contributed by atoms with E-state index in [0.29, 0.717) is 0 Å². The van der Waals surface area contributed by atoms with Gasteiger partial charge in [0.05, 0.1) is 0 Å². The molecule has 1 atom stereocenters. The fourth-order valence-electron chi connectivity index (χ4n) is 2.68. The van der Waals surface area contributed by atoms with Gasteiger partial charge in [0.1, 0.15) is 0 Å². The van der Waals surface area contributed by atoms with Crippen molar-refractivity contribution < 1.29 is 4.79 Å². The van der Waals surface area contributed by atoms with Crippen molar-refractivity contribution in [3.8, 4) is 0 Å². The van der Waals surface area contributed by atoms with Crippen LogP contribution in [0.1, 0.15) is 31.4 Å². The average Bonchev–Trinajstić information content (AvgIpc) is 3.11. The summed E-state index contributed by atoms with van der Waals surface area (Å²) in [5, 5.41) is 3.01. The van der Waals surface area contributed by atoms with Crippen LogP contribution >= 0.6 is 0 Å². The smallest absolute Gasteiger partial charge is 0.228 e.